The van der Waals surface area contributed by atoms with Gasteiger partial charge in [-0.2, -0.15) is 0 Å². The van der Waals surface area contributed by atoms with Crippen LogP contribution in [0.15, 0.2) is 0 Å². The number of halogens is 1. The molecule has 0 unspecified atom stereocenters. The summed E-state index contributed by atoms with van der Waals surface area (Å²) in [7, 11) is 0. The molecule has 0 saturated heterocycles. The monoisotopic (exact) mass is 120 g/mol. The minimum atomic E-state index is -0.156. The summed E-state index contributed by atoms with van der Waals surface area (Å²) in [4.78, 5) is 0. The fourth-order valence-corrected chi connectivity index (χ4v) is 0.134. The fourth-order valence-electron chi connectivity index (χ4n) is 0.134. The molecule has 8 heavy (non-hydrogen) atoms. The second kappa shape index (κ2) is 15.8. The number of hydrogen-bond acceptors (Lipinski definition) is 0. The lowest BCUT2D eigenvalue weighted by atomic mass is 10.4. The summed E-state index contributed by atoms with van der Waals surface area (Å²) in [6.45, 7) is 6.07. The third kappa shape index (κ3) is 38.7. The van der Waals surface area contributed by atoms with Crippen LogP contribution in [0.4, 0.5) is 4.39 Å². The van der Waals surface area contributed by atoms with E-state index in [2.05, 4.69) is 13.8 Å². The predicted molar refractivity (Wildman–Crippen MR) is 36.8 cm³/mol. The van der Waals surface area contributed by atoms with E-state index in [-0.39, 0.29) is 6.67 Å². The lowest BCUT2D eigenvalue weighted by Gasteiger charge is -1.76. The van der Waals surface area contributed by atoms with Gasteiger partial charge in [-0.05, 0) is 6.42 Å². The Morgan fingerprint density at radius 3 is 1.50 bits per heavy atom. The molecular formula is C7H17F. The maximum absolute atomic E-state index is 11.0. The number of unbranched alkanes of at least 4 members (excludes halogenated alkanes) is 1. The van der Waals surface area contributed by atoms with Crippen molar-refractivity contribution in [1.82, 2.24) is 0 Å². The molecule has 0 N–H and O–H groups in total. The maximum atomic E-state index is 11.0. The first-order valence-corrected chi connectivity index (χ1v) is 3.39. The van der Waals surface area contributed by atoms with E-state index in [9.17, 15) is 4.39 Å². The van der Waals surface area contributed by atoms with E-state index < -0.39 is 0 Å². The van der Waals surface area contributed by atoms with Gasteiger partial charge in [0.25, 0.3) is 0 Å². The molecule has 1 heteroatoms. The Balaban J connectivity index is 0. The lowest BCUT2D eigenvalue weighted by molar-refractivity contribution is 0.469. The first-order valence-electron chi connectivity index (χ1n) is 3.39. The van der Waals surface area contributed by atoms with Crippen LogP contribution in [0.25, 0.3) is 0 Å². The molecule has 0 rings (SSSR count). The summed E-state index contributed by atoms with van der Waals surface area (Å²) in [5, 5.41) is 0. The van der Waals surface area contributed by atoms with Crippen molar-refractivity contribution in [1.29, 1.82) is 0 Å². The summed E-state index contributed by atoms with van der Waals surface area (Å²) in [6.07, 6.45) is 2.94. The van der Waals surface area contributed by atoms with Crippen LogP contribution in [0.2, 0.25) is 0 Å². The van der Waals surface area contributed by atoms with E-state index in [1.54, 1.807) is 0 Å². The van der Waals surface area contributed by atoms with Crippen LogP contribution in [0.3, 0.4) is 0 Å². The molecule has 0 aromatic heterocycles. The van der Waals surface area contributed by atoms with Crippen LogP contribution in [0.1, 0.15) is 40.0 Å². The number of hydrogen-bond donors (Lipinski definition) is 0. The molecule has 0 aliphatic rings. The smallest absolute Gasteiger partial charge is 0.0894 e. The van der Waals surface area contributed by atoms with Gasteiger partial charge in [0.05, 0.1) is 6.67 Å². The summed E-state index contributed by atoms with van der Waals surface area (Å²) >= 11 is 0. The third-order valence-electron chi connectivity index (χ3n) is 0.487. The van der Waals surface area contributed by atoms with Gasteiger partial charge in [-0.3, -0.25) is 4.39 Å². The molecule has 0 spiro atoms. The standard InChI is InChI=1S/C4H9F.C3H8/c1-2-3-4-5;1-3-2/h2-4H2,1H3;3H2,1-2H3. The highest BCUT2D eigenvalue weighted by atomic mass is 19.1. The van der Waals surface area contributed by atoms with Crippen molar-refractivity contribution in [3.8, 4) is 0 Å². The van der Waals surface area contributed by atoms with E-state index in [0.29, 0.717) is 0 Å². The summed E-state index contributed by atoms with van der Waals surface area (Å²) in [5.41, 5.74) is 0. The van der Waals surface area contributed by atoms with Gasteiger partial charge >= 0.3 is 0 Å². The van der Waals surface area contributed by atoms with Crippen molar-refractivity contribution < 1.29 is 4.39 Å². The highest BCUT2D eigenvalue weighted by Crippen LogP contribution is 1.83. The average molecular weight is 120 g/mol. The maximum Gasteiger partial charge on any atom is 0.0894 e. The van der Waals surface area contributed by atoms with Gasteiger partial charge in [0, 0.05) is 0 Å². The van der Waals surface area contributed by atoms with Crippen molar-refractivity contribution in [2.75, 3.05) is 6.67 Å². The third-order valence-corrected chi connectivity index (χ3v) is 0.487. The van der Waals surface area contributed by atoms with Gasteiger partial charge in [-0.1, -0.05) is 33.6 Å². The summed E-state index contributed by atoms with van der Waals surface area (Å²) < 4.78 is 11.0. The van der Waals surface area contributed by atoms with Gasteiger partial charge in [0.15, 0.2) is 0 Å². The van der Waals surface area contributed by atoms with Crippen LogP contribution in [0.5, 0.6) is 0 Å². The summed E-state index contributed by atoms with van der Waals surface area (Å²) in [6, 6.07) is 0. The highest BCUT2D eigenvalue weighted by Gasteiger charge is 1.71. The Morgan fingerprint density at radius 2 is 1.50 bits per heavy atom. The first-order chi connectivity index (χ1) is 3.83. The minimum Gasteiger partial charge on any atom is -0.251 e. The number of rotatable bonds is 2. The molecule has 0 nitrogen and oxygen atoms in total. The van der Waals surface area contributed by atoms with E-state index in [4.69, 9.17) is 0 Å². The molecule has 52 valence electrons. The van der Waals surface area contributed by atoms with E-state index in [1.165, 1.54) is 6.42 Å². The topological polar surface area (TPSA) is 0 Å². The normalized spacial score (nSPS) is 7.50. The van der Waals surface area contributed by atoms with Gasteiger partial charge in [-0.25, -0.2) is 0 Å². The first kappa shape index (κ1) is 10.8. The fraction of sp³-hybridized carbons (Fsp3) is 1.00. The van der Waals surface area contributed by atoms with Crippen molar-refractivity contribution >= 4 is 0 Å². The molecule has 0 bridgehead atoms. The van der Waals surface area contributed by atoms with Crippen molar-refractivity contribution in [3.63, 3.8) is 0 Å². The predicted octanol–water partition coefficient (Wildman–Crippen LogP) is 3.17. The Morgan fingerprint density at radius 1 is 1.12 bits per heavy atom. The highest BCUT2D eigenvalue weighted by molar-refractivity contribution is 4.23. The zero-order chi connectivity index (χ0) is 6.83. The van der Waals surface area contributed by atoms with E-state index >= 15 is 0 Å². The Kier molecular flexibility index (Phi) is 21.4. The van der Waals surface area contributed by atoms with Crippen LogP contribution in [-0.4, -0.2) is 6.67 Å². The van der Waals surface area contributed by atoms with Crippen LogP contribution >= 0.6 is 0 Å². The minimum absolute atomic E-state index is 0.156. The van der Waals surface area contributed by atoms with E-state index in [0.717, 1.165) is 12.8 Å². The molecule has 0 aliphatic carbocycles. The molecule has 0 fully saturated rings. The zero-order valence-corrected chi connectivity index (χ0v) is 6.21. The lowest BCUT2D eigenvalue weighted by Crippen LogP contribution is -1.67. The largest absolute Gasteiger partial charge is 0.251 e. The molecule has 0 atom stereocenters. The molecule has 0 aromatic carbocycles. The molecule has 0 heterocycles. The molecule has 0 saturated carbocycles. The quantitative estimate of drug-likeness (QED) is 0.525. The van der Waals surface area contributed by atoms with Crippen LogP contribution in [-0.2, 0) is 0 Å². The van der Waals surface area contributed by atoms with E-state index in [1.807, 2.05) is 6.92 Å². The number of alkyl halides is 1. The van der Waals surface area contributed by atoms with Crippen molar-refractivity contribution in [2.24, 2.45) is 0 Å². The molecule has 0 amide bonds. The van der Waals surface area contributed by atoms with Crippen LogP contribution in [0, 0.1) is 0 Å². The Hall–Kier alpha value is -0.0700. The van der Waals surface area contributed by atoms with Gasteiger partial charge in [0.1, 0.15) is 0 Å². The van der Waals surface area contributed by atoms with Crippen LogP contribution < -0.4 is 0 Å². The SMILES string of the molecule is CCC.CCCCF. The second-order valence-corrected chi connectivity index (χ2v) is 1.75. The van der Waals surface area contributed by atoms with Crippen molar-refractivity contribution in [3.05, 3.63) is 0 Å². The Labute approximate surface area is 52.1 Å². The Bertz CT molecular complexity index is 18.3. The van der Waals surface area contributed by atoms with Gasteiger partial charge < -0.3 is 0 Å². The molecule has 0 aliphatic heterocycles. The van der Waals surface area contributed by atoms with Gasteiger partial charge in [-0.15, -0.1) is 0 Å². The van der Waals surface area contributed by atoms with Gasteiger partial charge in [0.2, 0.25) is 0 Å². The molecule has 0 aromatic rings. The molecule has 0 radical (unpaired) electrons. The van der Waals surface area contributed by atoms with Crippen molar-refractivity contribution in [2.45, 2.75) is 40.0 Å². The molecular weight excluding hydrogens is 103 g/mol. The summed E-state index contributed by atoms with van der Waals surface area (Å²) in [5.74, 6) is 0. The second-order valence-electron chi connectivity index (χ2n) is 1.75. The zero-order valence-electron chi connectivity index (χ0n) is 6.21. The average Bonchev–Trinajstić information content (AvgIpc) is 1.71.